The van der Waals surface area contributed by atoms with Crippen molar-refractivity contribution in [2.75, 3.05) is 24.7 Å². The van der Waals surface area contributed by atoms with E-state index in [-0.39, 0.29) is 11.4 Å². The second kappa shape index (κ2) is 8.47. The van der Waals surface area contributed by atoms with Crippen LogP contribution < -0.4 is 10.6 Å². The number of non-ortho nitro benzene ring substituents is 2. The summed E-state index contributed by atoms with van der Waals surface area (Å²) in [5.74, 6) is 0. The molecule has 2 aromatic carbocycles. The summed E-state index contributed by atoms with van der Waals surface area (Å²) in [5.41, 5.74) is 3.86. The maximum atomic E-state index is 10.3. The molecule has 0 aliphatic heterocycles. The van der Waals surface area contributed by atoms with E-state index in [9.17, 15) is 20.2 Å². The monoisotopic (exact) mass is 332 g/mol. The second-order valence-corrected chi connectivity index (χ2v) is 5.01. The Morgan fingerprint density at radius 2 is 1.08 bits per heavy atom. The lowest BCUT2D eigenvalue weighted by molar-refractivity contribution is -0.385. The minimum absolute atomic E-state index is 0.131. The Hall–Kier alpha value is -3.16. The van der Waals surface area contributed by atoms with Gasteiger partial charge in [-0.25, -0.2) is 0 Å². The molecule has 128 valence electrons. The van der Waals surface area contributed by atoms with Gasteiger partial charge >= 0.3 is 0 Å². The van der Waals surface area contributed by atoms with E-state index in [1.165, 1.54) is 12.1 Å². The van der Waals surface area contributed by atoms with Crippen LogP contribution in [0.25, 0.3) is 0 Å². The van der Waals surface area contributed by atoms with Crippen molar-refractivity contribution in [2.45, 2.75) is 13.8 Å². The van der Waals surface area contributed by atoms with Gasteiger partial charge in [0.05, 0.1) is 9.85 Å². The van der Waals surface area contributed by atoms with Crippen molar-refractivity contribution in [3.8, 4) is 0 Å². The molecule has 2 N–H and O–H groups in total. The molecule has 0 aromatic heterocycles. The van der Waals surface area contributed by atoms with Crippen LogP contribution in [0.1, 0.15) is 11.1 Å². The van der Waals surface area contributed by atoms with Crippen LogP contribution in [0.3, 0.4) is 0 Å². The van der Waals surface area contributed by atoms with Gasteiger partial charge in [-0.15, -0.1) is 0 Å². The highest BCUT2D eigenvalue weighted by molar-refractivity contribution is 5.55. The fourth-order valence-corrected chi connectivity index (χ4v) is 2.08. The number of benzene rings is 2. The summed E-state index contributed by atoms with van der Waals surface area (Å²) in [6, 6.07) is 9.47. The number of nitrogens with one attached hydrogen (secondary N) is 2. The predicted octanol–water partition coefficient (Wildman–Crippen LogP) is 3.89. The minimum atomic E-state index is -0.396. The highest BCUT2D eigenvalue weighted by atomic mass is 16.6. The summed E-state index contributed by atoms with van der Waals surface area (Å²) in [7, 11) is 3.57. The van der Waals surface area contributed by atoms with Crippen molar-refractivity contribution in [1.29, 1.82) is 0 Å². The zero-order valence-corrected chi connectivity index (χ0v) is 14.0. The average Bonchev–Trinajstić information content (AvgIpc) is 2.55. The molecule has 0 aliphatic carbocycles. The number of anilines is 2. The van der Waals surface area contributed by atoms with E-state index in [2.05, 4.69) is 10.6 Å². The van der Waals surface area contributed by atoms with E-state index in [0.29, 0.717) is 0 Å². The molecular formula is C16H20N4O4. The molecule has 0 saturated heterocycles. The minimum Gasteiger partial charge on any atom is -0.388 e. The fraction of sp³-hybridized carbons (Fsp3) is 0.250. The molecule has 8 nitrogen and oxygen atoms in total. The molecule has 0 heterocycles. The molecule has 0 unspecified atom stereocenters. The number of hydrogen-bond donors (Lipinski definition) is 2. The van der Waals surface area contributed by atoms with Crippen LogP contribution in [0.5, 0.6) is 0 Å². The number of nitro benzene ring substituents is 2. The first-order valence-corrected chi connectivity index (χ1v) is 7.15. The topological polar surface area (TPSA) is 110 Å². The third kappa shape index (κ3) is 4.94. The van der Waals surface area contributed by atoms with Crippen LogP contribution in [0.2, 0.25) is 0 Å². The van der Waals surface area contributed by atoms with Gasteiger partial charge in [-0.1, -0.05) is 0 Å². The second-order valence-electron chi connectivity index (χ2n) is 5.01. The lowest BCUT2D eigenvalue weighted by Gasteiger charge is -2.02. The van der Waals surface area contributed by atoms with Crippen molar-refractivity contribution in [3.05, 3.63) is 67.8 Å². The van der Waals surface area contributed by atoms with Crippen LogP contribution in [-0.2, 0) is 0 Å². The number of rotatable bonds is 4. The number of nitro groups is 2. The summed E-state index contributed by atoms with van der Waals surface area (Å²) < 4.78 is 0. The molecule has 0 aliphatic rings. The smallest absolute Gasteiger partial charge is 0.269 e. The number of nitrogens with zero attached hydrogens (tertiary/aromatic N) is 2. The predicted molar refractivity (Wildman–Crippen MR) is 94.8 cm³/mol. The van der Waals surface area contributed by atoms with Crippen molar-refractivity contribution in [1.82, 2.24) is 0 Å². The lowest BCUT2D eigenvalue weighted by atomic mass is 10.2. The SMILES string of the molecule is CNc1ccc([N+](=O)[O-])cc1C.CNc1ccc([N+](=O)[O-])cc1C. The molecule has 2 rings (SSSR count). The largest absolute Gasteiger partial charge is 0.388 e. The summed E-state index contributed by atoms with van der Waals surface area (Å²) in [4.78, 5) is 19.9. The number of aryl methyl sites for hydroxylation is 2. The van der Waals surface area contributed by atoms with Gasteiger partial charge in [0.1, 0.15) is 0 Å². The molecular weight excluding hydrogens is 312 g/mol. The molecule has 0 radical (unpaired) electrons. The van der Waals surface area contributed by atoms with Crippen LogP contribution in [0, 0.1) is 34.1 Å². The van der Waals surface area contributed by atoms with E-state index in [1.807, 2.05) is 13.8 Å². The first kappa shape index (κ1) is 18.9. The quantitative estimate of drug-likeness (QED) is 0.649. The Balaban J connectivity index is 0.000000240. The highest BCUT2D eigenvalue weighted by Gasteiger charge is 2.07. The van der Waals surface area contributed by atoms with Gasteiger partial charge < -0.3 is 10.6 Å². The first-order valence-electron chi connectivity index (χ1n) is 7.15. The van der Waals surface area contributed by atoms with Gasteiger partial charge in [0.25, 0.3) is 11.4 Å². The van der Waals surface area contributed by atoms with Gasteiger partial charge in [-0.05, 0) is 37.1 Å². The van der Waals surface area contributed by atoms with Crippen LogP contribution in [-0.4, -0.2) is 23.9 Å². The Labute approximate surface area is 139 Å². The fourth-order valence-electron chi connectivity index (χ4n) is 2.08. The van der Waals surface area contributed by atoms with E-state index in [4.69, 9.17) is 0 Å². The van der Waals surface area contributed by atoms with Crippen LogP contribution in [0.15, 0.2) is 36.4 Å². The highest BCUT2D eigenvalue weighted by Crippen LogP contribution is 2.21. The Morgan fingerprint density at radius 3 is 1.29 bits per heavy atom. The molecule has 0 saturated carbocycles. The van der Waals surface area contributed by atoms with Gasteiger partial charge in [0.15, 0.2) is 0 Å². The zero-order chi connectivity index (χ0) is 18.3. The van der Waals surface area contributed by atoms with Crippen molar-refractivity contribution >= 4 is 22.7 Å². The molecule has 0 atom stereocenters. The van der Waals surface area contributed by atoms with Crippen molar-refractivity contribution < 1.29 is 9.85 Å². The number of hydrogen-bond acceptors (Lipinski definition) is 6. The standard InChI is InChI=1S/2C8H10N2O2/c2*1-6-5-7(10(11)12)3-4-8(6)9-2/h2*3-5,9H,1-2H3. The maximum absolute atomic E-state index is 10.3. The molecule has 2 aromatic rings. The van der Waals surface area contributed by atoms with E-state index in [0.717, 1.165) is 22.5 Å². The molecule has 24 heavy (non-hydrogen) atoms. The Morgan fingerprint density at radius 1 is 0.750 bits per heavy atom. The zero-order valence-electron chi connectivity index (χ0n) is 14.0. The van der Waals surface area contributed by atoms with Gasteiger partial charge in [-0.3, -0.25) is 20.2 Å². The molecule has 0 amide bonds. The van der Waals surface area contributed by atoms with E-state index >= 15 is 0 Å². The summed E-state index contributed by atoms with van der Waals surface area (Å²) >= 11 is 0. The summed E-state index contributed by atoms with van der Waals surface area (Å²) in [5, 5.41) is 26.6. The first-order chi connectivity index (χ1) is 11.3. The van der Waals surface area contributed by atoms with Crippen molar-refractivity contribution in [2.24, 2.45) is 0 Å². The molecule has 0 spiro atoms. The maximum Gasteiger partial charge on any atom is 0.269 e. The Kier molecular flexibility index (Phi) is 6.66. The third-order valence-corrected chi connectivity index (χ3v) is 3.38. The van der Waals surface area contributed by atoms with Gasteiger partial charge in [-0.2, -0.15) is 0 Å². The van der Waals surface area contributed by atoms with Crippen molar-refractivity contribution in [3.63, 3.8) is 0 Å². The summed E-state index contributed by atoms with van der Waals surface area (Å²) in [6.45, 7) is 3.66. The van der Waals surface area contributed by atoms with E-state index < -0.39 is 9.85 Å². The summed E-state index contributed by atoms with van der Waals surface area (Å²) in [6.07, 6.45) is 0. The van der Waals surface area contributed by atoms with E-state index in [1.54, 1.807) is 38.4 Å². The van der Waals surface area contributed by atoms with Crippen LogP contribution in [0.4, 0.5) is 22.7 Å². The normalized spacial score (nSPS) is 9.50. The molecule has 0 fully saturated rings. The lowest BCUT2D eigenvalue weighted by Crippen LogP contribution is -1.93. The molecule has 8 heteroatoms. The van der Waals surface area contributed by atoms with Gasteiger partial charge in [0.2, 0.25) is 0 Å². The van der Waals surface area contributed by atoms with Crippen LogP contribution >= 0.6 is 0 Å². The Bertz CT molecular complexity index is 683. The van der Waals surface area contributed by atoms with Gasteiger partial charge in [0, 0.05) is 49.7 Å². The average molecular weight is 332 g/mol. The molecule has 0 bridgehead atoms. The third-order valence-electron chi connectivity index (χ3n) is 3.38.